The smallest absolute Gasteiger partial charge is 0.125 e. The summed E-state index contributed by atoms with van der Waals surface area (Å²) in [4.78, 5) is 10.1. The van der Waals surface area contributed by atoms with Gasteiger partial charge in [0.05, 0.1) is 28.5 Å². The molecule has 2 aromatic heterocycles. The first-order valence-corrected chi connectivity index (χ1v) is 7.93. The number of benzene rings is 1. The summed E-state index contributed by atoms with van der Waals surface area (Å²) in [6.07, 6.45) is 1.92. The van der Waals surface area contributed by atoms with E-state index < -0.39 is 0 Å². The number of aromatic nitrogens is 3. The second-order valence-corrected chi connectivity index (χ2v) is 6.73. The van der Waals surface area contributed by atoms with Gasteiger partial charge in [0, 0.05) is 15.5 Å². The van der Waals surface area contributed by atoms with Crippen LogP contribution in [0, 0.1) is 6.92 Å². The van der Waals surface area contributed by atoms with Crippen LogP contribution in [0.5, 0.6) is 0 Å². The van der Waals surface area contributed by atoms with E-state index in [1.54, 1.807) is 11.3 Å². The summed E-state index contributed by atoms with van der Waals surface area (Å²) in [5.74, 6) is 1.30. The molecular formula is C13H11BrClN3S. The first kappa shape index (κ1) is 13.1. The molecule has 1 aromatic carbocycles. The molecule has 0 saturated carbocycles. The molecule has 0 N–H and O–H groups in total. The number of alkyl halides is 1. The highest BCUT2D eigenvalue weighted by atomic mass is 79.9. The number of thiazole rings is 1. The van der Waals surface area contributed by atoms with Crippen LogP contribution in [0.2, 0.25) is 0 Å². The quantitative estimate of drug-likeness (QED) is 0.653. The molecule has 0 spiro atoms. The topological polar surface area (TPSA) is 30.7 Å². The number of imidazole rings is 1. The molecule has 3 rings (SSSR count). The largest absolute Gasteiger partial charge is 0.322 e. The molecule has 0 aliphatic heterocycles. The van der Waals surface area contributed by atoms with Crippen molar-refractivity contribution in [2.24, 2.45) is 0 Å². The lowest BCUT2D eigenvalue weighted by Gasteiger charge is -2.05. The second kappa shape index (κ2) is 5.23. The number of fused-ring (bicyclic) bond motifs is 1. The van der Waals surface area contributed by atoms with Crippen LogP contribution in [0.25, 0.3) is 11.0 Å². The van der Waals surface area contributed by atoms with Gasteiger partial charge in [-0.1, -0.05) is 15.9 Å². The van der Waals surface area contributed by atoms with E-state index in [9.17, 15) is 0 Å². The van der Waals surface area contributed by atoms with Crippen LogP contribution in [0.3, 0.4) is 0 Å². The van der Waals surface area contributed by atoms with E-state index in [2.05, 4.69) is 36.5 Å². The average Bonchev–Trinajstić information content (AvgIpc) is 2.94. The van der Waals surface area contributed by atoms with Gasteiger partial charge < -0.3 is 4.57 Å². The van der Waals surface area contributed by atoms with Crippen LogP contribution in [-0.4, -0.2) is 14.5 Å². The lowest BCUT2D eigenvalue weighted by Crippen LogP contribution is -2.02. The highest BCUT2D eigenvalue weighted by Gasteiger charge is 2.11. The first-order valence-electron chi connectivity index (χ1n) is 5.79. The third kappa shape index (κ3) is 2.55. The molecule has 0 atom stereocenters. The molecule has 19 heavy (non-hydrogen) atoms. The van der Waals surface area contributed by atoms with Crippen molar-refractivity contribution in [3.63, 3.8) is 0 Å². The fraction of sp³-hybridized carbons (Fsp3) is 0.231. The van der Waals surface area contributed by atoms with Crippen LogP contribution in [0.4, 0.5) is 0 Å². The number of hydrogen-bond acceptors (Lipinski definition) is 3. The van der Waals surface area contributed by atoms with Gasteiger partial charge in [0.15, 0.2) is 0 Å². The number of aryl methyl sites for hydroxylation is 1. The number of nitrogens with zero attached hydrogens (tertiary/aromatic N) is 3. The minimum Gasteiger partial charge on any atom is -0.322 e. The Morgan fingerprint density at radius 3 is 2.95 bits per heavy atom. The maximum absolute atomic E-state index is 6.01. The van der Waals surface area contributed by atoms with Crippen LogP contribution in [-0.2, 0) is 12.4 Å². The highest BCUT2D eigenvalue weighted by Crippen LogP contribution is 2.24. The standard InChI is InChI=1S/C13H11BrClN3S/c1-8-16-6-10(19-8)7-18-12-3-2-9(14)4-11(12)17-13(18)5-15/h2-4,6H,5,7H2,1H3. The van der Waals surface area contributed by atoms with Crippen LogP contribution >= 0.6 is 38.9 Å². The number of halogens is 2. The van der Waals surface area contributed by atoms with Gasteiger partial charge in [0.2, 0.25) is 0 Å². The van der Waals surface area contributed by atoms with Crippen LogP contribution in [0.15, 0.2) is 28.9 Å². The Labute approximate surface area is 128 Å². The van der Waals surface area contributed by atoms with Gasteiger partial charge >= 0.3 is 0 Å². The number of rotatable bonds is 3. The van der Waals surface area contributed by atoms with Crippen LogP contribution in [0.1, 0.15) is 15.7 Å². The van der Waals surface area contributed by atoms with E-state index in [0.29, 0.717) is 5.88 Å². The average molecular weight is 357 g/mol. The van der Waals surface area contributed by atoms with Gasteiger partial charge in [-0.15, -0.1) is 22.9 Å². The van der Waals surface area contributed by atoms with Crippen molar-refractivity contribution in [1.29, 1.82) is 0 Å². The van der Waals surface area contributed by atoms with Crippen molar-refractivity contribution in [3.8, 4) is 0 Å². The molecule has 3 nitrogen and oxygen atoms in total. The van der Waals surface area contributed by atoms with Gasteiger partial charge in [-0.25, -0.2) is 9.97 Å². The Balaban J connectivity index is 2.10. The molecule has 0 saturated heterocycles. The van der Waals surface area contributed by atoms with Crippen molar-refractivity contribution in [2.45, 2.75) is 19.3 Å². The Hall–Kier alpha value is -0.910. The van der Waals surface area contributed by atoms with Gasteiger partial charge in [-0.05, 0) is 25.1 Å². The third-order valence-electron chi connectivity index (χ3n) is 2.89. The molecule has 0 bridgehead atoms. The Morgan fingerprint density at radius 1 is 1.42 bits per heavy atom. The Bertz CT molecular complexity index is 735. The van der Waals surface area contributed by atoms with Crippen molar-refractivity contribution < 1.29 is 0 Å². The van der Waals surface area contributed by atoms with E-state index >= 15 is 0 Å². The summed E-state index contributed by atoms with van der Waals surface area (Å²) >= 11 is 11.2. The SMILES string of the molecule is Cc1ncc(Cn2c(CCl)nc3cc(Br)ccc32)s1. The monoisotopic (exact) mass is 355 g/mol. The van der Waals surface area contributed by atoms with Gasteiger partial charge in [-0.3, -0.25) is 0 Å². The molecule has 6 heteroatoms. The normalized spacial score (nSPS) is 11.3. The van der Waals surface area contributed by atoms with E-state index in [1.807, 2.05) is 25.3 Å². The van der Waals surface area contributed by atoms with Crippen molar-refractivity contribution >= 4 is 49.9 Å². The minimum atomic E-state index is 0.407. The van der Waals surface area contributed by atoms with Gasteiger partial charge in [0.1, 0.15) is 5.82 Å². The highest BCUT2D eigenvalue weighted by molar-refractivity contribution is 9.10. The molecule has 0 fully saturated rings. The van der Waals surface area contributed by atoms with E-state index in [4.69, 9.17) is 11.6 Å². The van der Waals surface area contributed by atoms with Crippen molar-refractivity contribution in [2.75, 3.05) is 0 Å². The van der Waals surface area contributed by atoms with Gasteiger partial charge in [0.25, 0.3) is 0 Å². The fourth-order valence-corrected chi connectivity index (χ4v) is 3.40. The molecular weight excluding hydrogens is 346 g/mol. The molecule has 2 heterocycles. The zero-order valence-corrected chi connectivity index (χ0v) is 13.4. The van der Waals surface area contributed by atoms with Crippen molar-refractivity contribution in [3.05, 3.63) is 44.6 Å². The predicted molar refractivity (Wildman–Crippen MR) is 82.9 cm³/mol. The molecule has 98 valence electrons. The molecule has 0 aliphatic rings. The molecule has 0 radical (unpaired) electrons. The maximum Gasteiger partial charge on any atom is 0.125 e. The second-order valence-electron chi connectivity index (χ2n) is 4.23. The minimum absolute atomic E-state index is 0.407. The third-order valence-corrected chi connectivity index (χ3v) is 4.52. The number of hydrogen-bond donors (Lipinski definition) is 0. The molecule has 0 unspecified atom stereocenters. The Morgan fingerprint density at radius 2 is 2.26 bits per heavy atom. The lowest BCUT2D eigenvalue weighted by atomic mass is 10.3. The summed E-state index contributed by atoms with van der Waals surface area (Å²) in [6, 6.07) is 6.10. The summed E-state index contributed by atoms with van der Waals surface area (Å²) in [5, 5.41) is 1.08. The lowest BCUT2D eigenvalue weighted by molar-refractivity contribution is 0.787. The zero-order valence-electron chi connectivity index (χ0n) is 10.2. The summed E-state index contributed by atoms with van der Waals surface area (Å²) in [7, 11) is 0. The molecule has 0 amide bonds. The molecule has 0 aliphatic carbocycles. The van der Waals surface area contributed by atoms with Crippen LogP contribution < -0.4 is 0 Å². The van der Waals surface area contributed by atoms with Gasteiger partial charge in [-0.2, -0.15) is 0 Å². The zero-order chi connectivity index (χ0) is 13.4. The summed E-state index contributed by atoms with van der Waals surface area (Å²) in [6.45, 7) is 2.78. The summed E-state index contributed by atoms with van der Waals surface area (Å²) in [5.41, 5.74) is 2.07. The van der Waals surface area contributed by atoms with E-state index in [-0.39, 0.29) is 0 Å². The first-order chi connectivity index (χ1) is 9.17. The summed E-state index contributed by atoms with van der Waals surface area (Å²) < 4.78 is 3.18. The Kier molecular flexibility index (Phi) is 3.60. The predicted octanol–water partition coefficient (Wildman–Crippen LogP) is 4.35. The fourth-order valence-electron chi connectivity index (χ4n) is 2.07. The van der Waals surface area contributed by atoms with Crippen molar-refractivity contribution in [1.82, 2.24) is 14.5 Å². The van der Waals surface area contributed by atoms with E-state index in [0.717, 1.165) is 32.9 Å². The van der Waals surface area contributed by atoms with E-state index in [1.165, 1.54) is 4.88 Å². The molecule has 3 aromatic rings. The maximum atomic E-state index is 6.01.